The molecular formula is C14H9N3O2. The number of benzene rings is 1. The summed E-state index contributed by atoms with van der Waals surface area (Å²) in [4.78, 5) is 13.0. The Morgan fingerprint density at radius 1 is 1.00 bits per heavy atom. The van der Waals surface area contributed by atoms with E-state index in [1.165, 1.54) is 0 Å². The van der Waals surface area contributed by atoms with Crippen LogP contribution >= 0.6 is 0 Å². The lowest BCUT2D eigenvalue weighted by molar-refractivity contribution is 0.174. The van der Waals surface area contributed by atoms with E-state index in [9.17, 15) is 0 Å². The van der Waals surface area contributed by atoms with Crippen molar-refractivity contribution >= 4 is 11.0 Å². The highest BCUT2D eigenvalue weighted by molar-refractivity contribution is 5.75. The molecule has 4 rings (SSSR count). The van der Waals surface area contributed by atoms with Gasteiger partial charge in [-0.1, -0.05) is 0 Å². The number of rotatable bonds is 1. The molecule has 5 heteroatoms. The first-order chi connectivity index (χ1) is 9.40. The number of nitrogens with zero attached hydrogens (tertiary/aromatic N) is 3. The zero-order chi connectivity index (χ0) is 12.7. The Labute approximate surface area is 108 Å². The molecule has 3 heterocycles. The van der Waals surface area contributed by atoms with Crippen LogP contribution in [0.2, 0.25) is 0 Å². The molecular weight excluding hydrogens is 242 g/mol. The topological polar surface area (TPSA) is 57.1 Å². The summed E-state index contributed by atoms with van der Waals surface area (Å²) in [5, 5.41) is 0.923. The van der Waals surface area contributed by atoms with Crippen LogP contribution in [0.4, 0.5) is 0 Å². The fourth-order valence-corrected chi connectivity index (χ4v) is 2.04. The van der Waals surface area contributed by atoms with Crippen LogP contribution in [-0.2, 0) is 0 Å². The Morgan fingerprint density at radius 2 is 1.95 bits per heavy atom. The van der Waals surface area contributed by atoms with Gasteiger partial charge in [-0.3, -0.25) is 0 Å². The normalized spacial score (nSPS) is 12.8. The van der Waals surface area contributed by atoms with Crippen molar-refractivity contribution < 1.29 is 9.47 Å². The molecule has 1 aromatic carbocycles. The van der Waals surface area contributed by atoms with Gasteiger partial charge in [-0.05, 0) is 30.3 Å². The summed E-state index contributed by atoms with van der Waals surface area (Å²) >= 11 is 0. The van der Waals surface area contributed by atoms with Crippen molar-refractivity contribution in [2.45, 2.75) is 0 Å². The van der Waals surface area contributed by atoms with Crippen LogP contribution in [0.15, 0.2) is 42.7 Å². The molecule has 0 fully saturated rings. The van der Waals surface area contributed by atoms with Crippen LogP contribution in [0, 0.1) is 0 Å². The van der Waals surface area contributed by atoms with E-state index in [0.29, 0.717) is 11.5 Å². The third-order valence-electron chi connectivity index (χ3n) is 2.99. The van der Waals surface area contributed by atoms with Crippen LogP contribution in [0.1, 0.15) is 0 Å². The summed E-state index contributed by atoms with van der Waals surface area (Å²) in [5.41, 5.74) is 1.57. The smallest absolute Gasteiger partial charge is 0.231 e. The number of ether oxygens (including phenoxy) is 2. The van der Waals surface area contributed by atoms with Gasteiger partial charge in [0.05, 0.1) is 0 Å². The molecule has 3 aromatic rings. The van der Waals surface area contributed by atoms with Gasteiger partial charge in [0.15, 0.2) is 23.0 Å². The third-order valence-corrected chi connectivity index (χ3v) is 2.99. The van der Waals surface area contributed by atoms with Crippen molar-refractivity contribution in [3.05, 3.63) is 42.7 Å². The van der Waals surface area contributed by atoms with Gasteiger partial charge in [-0.2, -0.15) is 0 Å². The maximum atomic E-state index is 5.35. The van der Waals surface area contributed by atoms with Gasteiger partial charge in [-0.25, -0.2) is 15.0 Å². The number of hydrogen-bond acceptors (Lipinski definition) is 5. The van der Waals surface area contributed by atoms with Gasteiger partial charge >= 0.3 is 0 Å². The summed E-state index contributed by atoms with van der Waals surface area (Å²) < 4.78 is 10.6. The number of aromatic nitrogens is 3. The second-order valence-corrected chi connectivity index (χ2v) is 4.18. The summed E-state index contributed by atoms with van der Waals surface area (Å²) in [5.74, 6) is 2.11. The SMILES string of the molecule is c1cnc2nc(-c3ccc4c(c3)OCO4)ncc2c1. The minimum Gasteiger partial charge on any atom is -0.454 e. The van der Waals surface area contributed by atoms with Gasteiger partial charge in [0.2, 0.25) is 6.79 Å². The van der Waals surface area contributed by atoms with Gasteiger partial charge < -0.3 is 9.47 Å². The standard InChI is InChI=1S/C14H9N3O2/c1-2-10-7-16-13(17-14(10)15-5-1)9-3-4-11-12(6-9)19-8-18-11/h1-7H,8H2. The maximum Gasteiger partial charge on any atom is 0.231 e. The number of hydrogen-bond donors (Lipinski definition) is 0. The molecule has 0 unspecified atom stereocenters. The van der Waals surface area contributed by atoms with Gasteiger partial charge in [0, 0.05) is 23.3 Å². The monoisotopic (exact) mass is 251 g/mol. The molecule has 0 aliphatic carbocycles. The summed E-state index contributed by atoms with van der Waals surface area (Å²) in [7, 11) is 0. The highest BCUT2D eigenvalue weighted by Gasteiger charge is 2.15. The molecule has 0 saturated heterocycles. The van der Waals surface area contributed by atoms with Crippen molar-refractivity contribution in [1.29, 1.82) is 0 Å². The number of pyridine rings is 1. The van der Waals surface area contributed by atoms with Crippen molar-refractivity contribution in [2.24, 2.45) is 0 Å². The first-order valence-corrected chi connectivity index (χ1v) is 5.88. The molecule has 0 saturated carbocycles. The lowest BCUT2D eigenvalue weighted by Gasteiger charge is -2.03. The lowest BCUT2D eigenvalue weighted by atomic mass is 10.2. The van der Waals surface area contributed by atoms with Crippen LogP contribution in [-0.4, -0.2) is 21.7 Å². The predicted molar refractivity (Wildman–Crippen MR) is 68.9 cm³/mol. The van der Waals surface area contributed by atoms with Crippen LogP contribution in [0.3, 0.4) is 0 Å². The largest absolute Gasteiger partial charge is 0.454 e. The van der Waals surface area contributed by atoms with Crippen molar-refractivity contribution in [1.82, 2.24) is 15.0 Å². The first kappa shape index (κ1) is 10.3. The Bertz CT molecular complexity index is 773. The van der Waals surface area contributed by atoms with Crippen molar-refractivity contribution in [2.75, 3.05) is 6.79 Å². The summed E-state index contributed by atoms with van der Waals surface area (Å²) in [6, 6.07) is 9.46. The van der Waals surface area contributed by atoms with E-state index in [0.717, 1.165) is 22.4 Å². The molecule has 0 N–H and O–H groups in total. The minimum atomic E-state index is 0.263. The van der Waals surface area contributed by atoms with Crippen molar-refractivity contribution in [3.63, 3.8) is 0 Å². The average molecular weight is 251 g/mol. The molecule has 0 atom stereocenters. The zero-order valence-electron chi connectivity index (χ0n) is 9.91. The van der Waals surface area contributed by atoms with E-state index in [-0.39, 0.29) is 6.79 Å². The lowest BCUT2D eigenvalue weighted by Crippen LogP contribution is -1.93. The Kier molecular flexibility index (Phi) is 2.11. The predicted octanol–water partition coefficient (Wildman–Crippen LogP) is 2.42. The molecule has 0 radical (unpaired) electrons. The van der Waals surface area contributed by atoms with Crippen LogP contribution < -0.4 is 9.47 Å². The second-order valence-electron chi connectivity index (χ2n) is 4.18. The third kappa shape index (κ3) is 1.67. The van der Waals surface area contributed by atoms with Gasteiger partial charge in [0.1, 0.15) is 0 Å². The fraction of sp³-hybridized carbons (Fsp3) is 0.0714. The average Bonchev–Trinajstić information content (AvgIpc) is 2.94. The Morgan fingerprint density at radius 3 is 2.95 bits per heavy atom. The van der Waals surface area contributed by atoms with Crippen LogP contribution in [0.25, 0.3) is 22.4 Å². The summed E-state index contributed by atoms with van der Waals surface area (Å²) in [6.45, 7) is 0.263. The second kappa shape index (κ2) is 3.91. The van der Waals surface area contributed by atoms with E-state index in [4.69, 9.17) is 9.47 Å². The van der Waals surface area contributed by atoms with E-state index in [1.54, 1.807) is 12.4 Å². The molecule has 0 amide bonds. The van der Waals surface area contributed by atoms with E-state index < -0.39 is 0 Å². The van der Waals surface area contributed by atoms with Gasteiger partial charge in [0.25, 0.3) is 0 Å². The molecule has 19 heavy (non-hydrogen) atoms. The quantitative estimate of drug-likeness (QED) is 0.664. The van der Waals surface area contributed by atoms with E-state index in [1.807, 2.05) is 30.3 Å². The highest BCUT2D eigenvalue weighted by atomic mass is 16.7. The molecule has 1 aliphatic heterocycles. The van der Waals surface area contributed by atoms with Gasteiger partial charge in [-0.15, -0.1) is 0 Å². The molecule has 0 bridgehead atoms. The van der Waals surface area contributed by atoms with Crippen molar-refractivity contribution in [3.8, 4) is 22.9 Å². The van der Waals surface area contributed by atoms with Crippen LogP contribution in [0.5, 0.6) is 11.5 Å². The highest BCUT2D eigenvalue weighted by Crippen LogP contribution is 2.35. The molecule has 92 valence electrons. The molecule has 0 spiro atoms. The maximum absolute atomic E-state index is 5.35. The van der Waals surface area contributed by atoms with E-state index in [2.05, 4.69) is 15.0 Å². The van der Waals surface area contributed by atoms with E-state index >= 15 is 0 Å². The molecule has 1 aliphatic rings. The zero-order valence-corrected chi connectivity index (χ0v) is 9.91. The Balaban J connectivity index is 1.85. The summed E-state index contributed by atoms with van der Waals surface area (Å²) in [6.07, 6.45) is 3.49. The first-order valence-electron chi connectivity index (χ1n) is 5.88. The fourth-order valence-electron chi connectivity index (χ4n) is 2.04. The number of fused-ring (bicyclic) bond motifs is 2. The minimum absolute atomic E-state index is 0.263. The Hall–Kier alpha value is -2.69. The molecule has 5 nitrogen and oxygen atoms in total. The molecule has 2 aromatic heterocycles.